The van der Waals surface area contributed by atoms with Crippen molar-refractivity contribution in [2.24, 2.45) is 0 Å². The predicted octanol–water partition coefficient (Wildman–Crippen LogP) is 1.82. The normalized spacial score (nSPS) is 12.7. The van der Waals surface area contributed by atoms with Crippen LogP contribution in [0.3, 0.4) is 0 Å². The van der Waals surface area contributed by atoms with Gasteiger partial charge in [0.05, 0.1) is 0 Å². The lowest BCUT2D eigenvalue weighted by atomic mass is 10.1. The first kappa shape index (κ1) is 10.7. The van der Waals surface area contributed by atoms with Crippen LogP contribution in [0.4, 0.5) is 0 Å². The van der Waals surface area contributed by atoms with Crippen LogP contribution >= 0.6 is 0 Å². The lowest BCUT2D eigenvalue weighted by Gasteiger charge is -2.09. The quantitative estimate of drug-likeness (QED) is 0.619. The Bertz CT molecular complexity index is 569. The van der Waals surface area contributed by atoms with Gasteiger partial charge < -0.3 is 14.3 Å². The van der Waals surface area contributed by atoms with Crippen molar-refractivity contribution in [3.8, 4) is 5.75 Å². The molecule has 1 unspecified atom stereocenters. The molecule has 0 aliphatic carbocycles. The third-order valence-corrected chi connectivity index (χ3v) is 2.23. The van der Waals surface area contributed by atoms with E-state index in [0.29, 0.717) is 11.3 Å². The van der Waals surface area contributed by atoms with Gasteiger partial charge in [0, 0.05) is 17.5 Å². The fourth-order valence-electron chi connectivity index (χ4n) is 1.58. The van der Waals surface area contributed by atoms with Crippen LogP contribution in [0.15, 0.2) is 33.5 Å². The zero-order valence-corrected chi connectivity index (χ0v) is 9.06. The van der Waals surface area contributed by atoms with Crippen LogP contribution < -0.4 is 10.4 Å². The first-order valence-corrected chi connectivity index (χ1v) is 4.95. The second-order valence-electron chi connectivity index (χ2n) is 3.62. The van der Waals surface area contributed by atoms with E-state index >= 15 is 0 Å². The van der Waals surface area contributed by atoms with Crippen molar-refractivity contribution in [3.63, 3.8) is 0 Å². The lowest BCUT2D eigenvalue weighted by molar-refractivity contribution is -0.000231. The van der Waals surface area contributed by atoms with Gasteiger partial charge in [0.1, 0.15) is 11.3 Å². The van der Waals surface area contributed by atoms with Crippen LogP contribution in [0.2, 0.25) is 0 Å². The average Bonchev–Trinajstić information content (AvgIpc) is 2.15. The molecule has 0 saturated carbocycles. The molecule has 2 aromatic rings. The minimum atomic E-state index is -0.894. The van der Waals surface area contributed by atoms with E-state index in [1.165, 1.54) is 13.0 Å². The van der Waals surface area contributed by atoms with E-state index < -0.39 is 6.29 Å². The molecule has 0 fully saturated rings. The predicted molar refractivity (Wildman–Crippen MR) is 59.5 cm³/mol. The van der Waals surface area contributed by atoms with Crippen LogP contribution in [0.1, 0.15) is 12.5 Å². The summed E-state index contributed by atoms with van der Waals surface area (Å²) in [5.41, 5.74) is 0.928. The summed E-state index contributed by atoms with van der Waals surface area (Å²) in [5.74, 6) is 0.469. The van der Waals surface area contributed by atoms with E-state index in [9.17, 15) is 4.79 Å². The summed E-state index contributed by atoms with van der Waals surface area (Å²) < 4.78 is 10.1. The van der Waals surface area contributed by atoms with Crippen LogP contribution in [0.5, 0.6) is 5.75 Å². The highest BCUT2D eigenvalue weighted by molar-refractivity contribution is 5.81. The van der Waals surface area contributed by atoms with Gasteiger partial charge in [-0.3, -0.25) is 0 Å². The zero-order chi connectivity index (χ0) is 11.7. The number of aliphatic hydroxyl groups excluding tert-OH is 1. The van der Waals surface area contributed by atoms with Gasteiger partial charge >= 0.3 is 5.63 Å². The molecule has 0 spiro atoms. The summed E-state index contributed by atoms with van der Waals surface area (Å²) >= 11 is 0. The highest BCUT2D eigenvalue weighted by Crippen LogP contribution is 2.22. The number of benzene rings is 1. The Morgan fingerprint density at radius 2 is 2.12 bits per heavy atom. The Balaban J connectivity index is 2.57. The average molecular weight is 220 g/mol. The van der Waals surface area contributed by atoms with Gasteiger partial charge in [-0.25, -0.2) is 4.79 Å². The van der Waals surface area contributed by atoms with Crippen molar-refractivity contribution >= 4 is 11.0 Å². The molecule has 4 nitrogen and oxygen atoms in total. The maximum atomic E-state index is 11.2. The Kier molecular flexibility index (Phi) is 2.66. The standard InChI is InChI=1S/C12H12O4/c1-7-5-12(14)16-11-6-9(15-8(2)13)3-4-10(7)11/h3-6,8,13H,1-2H3. The summed E-state index contributed by atoms with van der Waals surface area (Å²) in [6.45, 7) is 3.35. The van der Waals surface area contributed by atoms with Crippen LogP contribution in [-0.2, 0) is 0 Å². The third kappa shape index (κ3) is 2.06. The van der Waals surface area contributed by atoms with Gasteiger partial charge in [0.2, 0.25) is 0 Å². The van der Waals surface area contributed by atoms with E-state index in [4.69, 9.17) is 14.3 Å². The third-order valence-electron chi connectivity index (χ3n) is 2.23. The molecule has 1 N–H and O–H groups in total. The molecule has 1 aromatic heterocycles. The van der Waals surface area contributed by atoms with Crippen molar-refractivity contribution < 1.29 is 14.3 Å². The number of fused-ring (bicyclic) bond motifs is 1. The van der Waals surface area contributed by atoms with E-state index in [1.807, 2.05) is 6.92 Å². The molecular weight excluding hydrogens is 208 g/mol. The maximum Gasteiger partial charge on any atom is 0.336 e. The molecule has 4 heteroatoms. The van der Waals surface area contributed by atoms with Crippen LogP contribution in [-0.4, -0.2) is 11.4 Å². The molecule has 84 valence electrons. The second kappa shape index (κ2) is 3.98. The Hall–Kier alpha value is -1.81. The molecule has 1 atom stereocenters. The largest absolute Gasteiger partial charge is 0.465 e. The number of aryl methyl sites for hydroxylation is 1. The monoisotopic (exact) mass is 220 g/mol. The van der Waals surface area contributed by atoms with Crippen molar-refractivity contribution in [2.75, 3.05) is 0 Å². The number of rotatable bonds is 2. The molecule has 0 bridgehead atoms. The van der Waals surface area contributed by atoms with Crippen molar-refractivity contribution in [2.45, 2.75) is 20.1 Å². The minimum Gasteiger partial charge on any atom is -0.465 e. The smallest absolute Gasteiger partial charge is 0.336 e. The van der Waals surface area contributed by atoms with E-state index in [2.05, 4.69) is 0 Å². The van der Waals surface area contributed by atoms with Gasteiger partial charge in [-0.1, -0.05) is 0 Å². The minimum absolute atomic E-state index is 0.390. The highest BCUT2D eigenvalue weighted by Gasteiger charge is 2.05. The summed E-state index contributed by atoms with van der Waals surface area (Å²) in [5, 5.41) is 9.93. The highest BCUT2D eigenvalue weighted by atomic mass is 16.6. The number of ether oxygens (including phenoxy) is 1. The number of hydrogen-bond donors (Lipinski definition) is 1. The zero-order valence-electron chi connectivity index (χ0n) is 9.06. The fourth-order valence-corrected chi connectivity index (χ4v) is 1.58. The molecule has 0 radical (unpaired) electrons. The summed E-state index contributed by atoms with van der Waals surface area (Å²) in [4.78, 5) is 11.2. The summed E-state index contributed by atoms with van der Waals surface area (Å²) in [7, 11) is 0. The fraction of sp³-hybridized carbons (Fsp3) is 0.250. The molecule has 0 saturated heterocycles. The van der Waals surface area contributed by atoms with Crippen LogP contribution in [0.25, 0.3) is 11.0 Å². The van der Waals surface area contributed by atoms with Crippen molar-refractivity contribution in [1.29, 1.82) is 0 Å². The number of aliphatic hydroxyl groups is 1. The van der Waals surface area contributed by atoms with Crippen LogP contribution in [0, 0.1) is 6.92 Å². The van der Waals surface area contributed by atoms with E-state index in [-0.39, 0.29) is 5.63 Å². The topological polar surface area (TPSA) is 59.7 Å². The SMILES string of the molecule is Cc1cc(=O)oc2cc(OC(C)O)ccc12. The molecule has 0 aliphatic rings. The number of hydrogen-bond acceptors (Lipinski definition) is 4. The Labute approximate surface area is 92.1 Å². The Morgan fingerprint density at radius 3 is 2.81 bits per heavy atom. The molecule has 16 heavy (non-hydrogen) atoms. The molecular formula is C12H12O4. The van der Waals surface area contributed by atoms with E-state index in [0.717, 1.165) is 10.9 Å². The van der Waals surface area contributed by atoms with Gasteiger partial charge in [0.25, 0.3) is 0 Å². The van der Waals surface area contributed by atoms with Crippen molar-refractivity contribution in [3.05, 3.63) is 40.2 Å². The molecule has 1 heterocycles. The second-order valence-corrected chi connectivity index (χ2v) is 3.62. The summed E-state index contributed by atoms with van der Waals surface area (Å²) in [6, 6.07) is 6.56. The molecule has 0 amide bonds. The van der Waals surface area contributed by atoms with Gasteiger partial charge in [-0.2, -0.15) is 0 Å². The van der Waals surface area contributed by atoms with Crippen molar-refractivity contribution in [1.82, 2.24) is 0 Å². The van der Waals surface area contributed by atoms with Gasteiger partial charge in [-0.05, 0) is 31.5 Å². The lowest BCUT2D eigenvalue weighted by Crippen LogP contribution is -2.09. The maximum absolute atomic E-state index is 11.2. The van der Waals surface area contributed by atoms with Gasteiger partial charge in [-0.15, -0.1) is 0 Å². The molecule has 2 rings (SSSR count). The molecule has 0 aliphatic heterocycles. The Morgan fingerprint density at radius 1 is 1.38 bits per heavy atom. The first-order valence-electron chi connectivity index (χ1n) is 4.95. The first-order chi connectivity index (χ1) is 7.56. The summed E-state index contributed by atoms with van der Waals surface area (Å²) in [6.07, 6.45) is -0.894. The molecule has 1 aromatic carbocycles. The van der Waals surface area contributed by atoms with E-state index in [1.54, 1.807) is 18.2 Å². The van der Waals surface area contributed by atoms with Gasteiger partial charge in [0.15, 0.2) is 6.29 Å².